The zero-order valence-corrected chi connectivity index (χ0v) is 11.3. The molecule has 0 saturated heterocycles. The lowest BCUT2D eigenvalue weighted by Gasteiger charge is -2.02. The first-order chi connectivity index (χ1) is 7.74. The van der Waals surface area contributed by atoms with Crippen molar-refractivity contribution in [1.29, 1.82) is 0 Å². The Balaban J connectivity index is 2.46. The second-order valence-electron chi connectivity index (χ2n) is 3.47. The molecule has 0 amide bonds. The Bertz CT molecular complexity index is 635. The van der Waals surface area contributed by atoms with Crippen molar-refractivity contribution in [1.82, 2.24) is 9.97 Å². The number of para-hydroxylation sites is 2. The second kappa shape index (κ2) is 3.79. The number of halogens is 2. The van der Waals surface area contributed by atoms with Crippen LogP contribution >= 0.6 is 31.9 Å². The van der Waals surface area contributed by atoms with E-state index in [1.165, 1.54) is 0 Å². The average molecular weight is 338 g/mol. The fourth-order valence-corrected chi connectivity index (χ4v) is 2.28. The summed E-state index contributed by atoms with van der Waals surface area (Å²) in [7, 11) is 0. The molecule has 0 unspecified atom stereocenters. The molecule has 1 heterocycles. The number of benzene rings is 2. The molecule has 3 aromatic rings. The molecule has 0 bridgehead atoms. The Morgan fingerprint density at radius 1 is 0.688 bits per heavy atom. The van der Waals surface area contributed by atoms with Gasteiger partial charge in [-0.3, -0.25) is 0 Å². The van der Waals surface area contributed by atoms with E-state index in [1.54, 1.807) is 0 Å². The molecule has 0 saturated carbocycles. The van der Waals surface area contributed by atoms with Crippen molar-refractivity contribution >= 4 is 53.9 Å². The summed E-state index contributed by atoms with van der Waals surface area (Å²) >= 11 is 6.93. The van der Waals surface area contributed by atoms with Crippen LogP contribution < -0.4 is 0 Å². The van der Waals surface area contributed by atoms with E-state index in [1.807, 2.05) is 36.4 Å². The molecule has 0 fully saturated rings. The van der Waals surface area contributed by atoms with Crippen LogP contribution in [0, 0.1) is 0 Å². The Morgan fingerprint density at radius 3 is 1.56 bits per heavy atom. The van der Waals surface area contributed by atoms with Gasteiger partial charge in [0.15, 0.2) is 0 Å². The van der Waals surface area contributed by atoms with Gasteiger partial charge < -0.3 is 0 Å². The Morgan fingerprint density at radius 2 is 1.12 bits per heavy atom. The molecule has 2 nitrogen and oxygen atoms in total. The third-order valence-corrected chi connectivity index (χ3v) is 4.23. The zero-order chi connectivity index (χ0) is 11.1. The van der Waals surface area contributed by atoms with E-state index in [9.17, 15) is 0 Å². The first-order valence-corrected chi connectivity index (χ1v) is 6.34. The summed E-state index contributed by atoms with van der Waals surface area (Å²) in [5.41, 5.74) is 3.64. The van der Waals surface area contributed by atoms with Crippen molar-refractivity contribution in [2.75, 3.05) is 0 Å². The molecule has 4 heteroatoms. The highest BCUT2D eigenvalue weighted by Gasteiger charge is 2.04. The van der Waals surface area contributed by atoms with Crippen molar-refractivity contribution in [3.63, 3.8) is 0 Å². The zero-order valence-electron chi connectivity index (χ0n) is 8.11. The first-order valence-electron chi connectivity index (χ1n) is 4.75. The Hall–Kier alpha value is -1.00. The van der Waals surface area contributed by atoms with E-state index in [0.29, 0.717) is 0 Å². The maximum Gasteiger partial charge on any atom is 0.0906 e. The monoisotopic (exact) mass is 336 g/mol. The van der Waals surface area contributed by atoms with Crippen molar-refractivity contribution in [3.05, 3.63) is 45.3 Å². The minimum Gasteiger partial charge on any atom is -0.244 e. The van der Waals surface area contributed by atoms with E-state index >= 15 is 0 Å². The van der Waals surface area contributed by atoms with Crippen LogP contribution in [0.15, 0.2) is 45.3 Å². The highest BCUT2D eigenvalue weighted by Crippen LogP contribution is 2.27. The maximum absolute atomic E-state index is 4.57. The predicted octanol–water partition coefficient (Wildman–Crippen LogP) is 4.31. The summed E-state index contributed by atoms with van der Waals surface area (Å²) in [5, 5.41) is 0. The molecule has 1 aromatic heterocycles. The number of hydrogen-bond donors (Lipinski definition) is 0. The van der Waals surface area contributed by atoms with Gasteiger partial charge in [-0.2, -0.15) is 0 Å². The molecular weight excluding hydrogens is 332 g/mol. The number of nitrogens with zero attached hydrogens (tertiary/aromatic N) is 2. The van der Waals surface area contributed by atoms with Crippen LogP contribution in [0.5, 0.6) is 0 Å². The maximum atomic E-state index is 4.57. The smallest absolute Gasteiger partial charge is 0.0906 e. The predicted molar refractivity (Wildman–Crippen MR) is 72.4 cm³/mol. The van der Waals surface area contributed by atoms with Gasteiger partial charge in [0.05, 0.1) is 22.1 Å². The highest BCUT2D eigenvalue weighted by atomic mass is 79.9. The standard InChI is InChI=1S/C12H6Br2N2/c13-7-5-11-12(6-8(7)14)16-10-4-2-1-3-9(10)15-11/h1-6H. The summed E-state index contributed by atoms with van der Waals surface area (Å²) in [6, 6.07) is 11.8. The summed E-state index contributed by atoms with van der Waals surface area (Å²) in [5.74, 6) is 0. The van der Waals surface area contributed by atoms with Crippen LogP contribution in [0.1, 0.15) is 0 Å². The summed E-state index contributed by atoms with van der Waals surface area (Å²) < 4.78 is 1.98. The Labute approximate surface area is 109 Å². The van der Waals surface area contributed by atoms with Crippen molar-refractivity contribution in [2.24, 2.45) is 0 Å². The van der Waals surface area contributed by atoms with Gasteiger partial charge in [0, 0.05) is 8.95 Å². The number of aromatic nitrogens is 2. The summed E-state index contributed by atoms with van der Waals surface area (Å²) in [6.07, 6.45) is 0. The minimum absolute atomic E-state index is 0.897. The third-order valence-electron chi connectivity index (χ3n) is 2.38. The summed E-state index contributed by atoms with van der Waals surface area (Å²) in [4.78, 5) is 9.13. The van der Waals surface area contributed by atoms with Gasteiger partial charge in [0.1, 0.15) is 0 Å². The van der Waals surface area contributed by atoms with E-state index in [2.05, 4.69) is 41.8 Å². The van der Waals surface area contributed by atoms with Gasteiger partial charge in [-0.25, -0.2) is 9.97 Å². The molecular formula is C12H6Br2N2. The van der Waals surface area contributed by atoms with Crippen LogP contribution in [0.25, 0.3) is 22.1 Å². The highest BCUT2D eigenvalue weighted by molar-refractivity contribution is 9.13. The molecule has 78 valence electrons. The van der Waals surface area contributed by atoms with E-state index in [0.717, 1.165) is 31.0 Å². The Kier molecular flexibility index (Phi) is 2.41. The largest absolute Gasteiger partial charge is 0.244 e. The van der Waals surface area contributed by atoms with Crippen LogP contribution in [0.3, 0.4) is 0 Å². The van der Waals surface area contributed by atoms with Crippen LogP contribution in [-0.2, 0) is 0 Å². The molecule has 16 heavy (non-hydrogen) atoms. The van der Waals surface area contributed by atoms with Gasteiger partial charge >= 0.3 is 0 Å². The quantitative estimate of drug-likeness (QED) is 0.571. The number of hydrogen-bond acceptors (Lipinski definition) is 2. The lowest BCUT2D eigenvalue weighted by molar-refractivity contribution is 1.38. The van der Waals surface area contributed by atoms with Crippen LogP contribution in [-0.4, -0.2) is 9.97 Å². The second-order valence-corrected chi connectivity index (χ2v) is 5.18. The van der Waals surface area contributed by atoms with Crippen molar-refractivity contribution in [3.8, 4) is 0 Å². The number of rotatable bonds is 0. The lowest BCUT2D eigenvalue weighted by Crippen LogP contribution is -1.87. The van der Waals surface area contributed by atoms with E-state index < -0.39 is 0 Å². The fraction of sp³-hybridized carbons (Fsp3) is 0. The normalized spacial score (nSPS) is 11.1. The molecule has 0 aliphatic carbocycles. The minimum atomic E-state index is 0.897. The molecule has 0 N–H and O–H groups in total. The molecule has 3 rings (SSSR count). The molecule has 2 aromatic carbocycles. The topological polar surface area (TPSA) is 25.8 Å². The lowest BCUT2D eigenvalue weighted by atomic mass is 10.2. The van der Waals surface area contributed by atoms with Crippen molar-refractivity contribution in [2.45, 2.75) is 0 Å². The van der Waals surface area contributed by atoms with Crippen LogP contribution in [0.4, 0.5) is 0 Å². The van der Waals surface area contributed by atoms with Crippen molar-refractivity contribution < 1.29 is 0 Å². The van der Waals surface area contributed by atoms with E-state index in [-0.39, 0.29) is 0 Å². The van der Waals surface area contributed by atoms with Gasteiger partial charge in [0.25, 0.3) is 0 Å². The number of fused-ring (bicyclic) bond motifs is 2. The molecule has 0 aliphatic heterocycles. The SMILES string of the molecule is Brc1cc2nc3ccccc3nc2cc1Br. The molecule has 0 atom stereocenters. The van der Waals surface area contributed by atoms with Gasteiger partial charge in [-0.1, -0.05) is 12.1 Å². The molecule has 0 radical (unpaired) electrons. The molecule has 0 spiro atoms. The summed E-state index contributed by atoms with van der Waals surface area (Å²) in [6.45, 7) is 0. The molecule has 0 aliphatic rings. The van der Waals surface area contributed by atoms with Gasteiger partial charge in [0.2, 0.25) is 0 Å². The first kappa shape index (κ1) is 10.2. The van der Waals surface area contributed by atoms with Gasteiger partial charge in [-0.15, -0.1) is 0 Å². The third kappa shape index (κ3) is 1.62. The van der Waals surface area contributed by atoms with Crippen LogP contribution in [0.2, 0.25) is 0 Å². The van der Waals surface area contributed by atoms with Gasteiger partial charge in [-0.05, 0) is 56.1 Å². The average Bonchev–Trinajstić information content (AvgIpc) is 2.28. The fourth-order valence-electron chi connectivity index (χ4n) is 1.62. The van der Waals surface area contributed by atoms with E-state index in [4.69, 9.17) is 0 Å².